The van der Waals surface area contributed by atoms with Crippen LogP contribution in [0.15, 0.2) is 18.2 Å². The molecule has 0 saturated heterocycles. The fourth-order valence-electron chi connectivity index (χ4n) is 2.40. The maximum atomic E-state index is 5.77. The van der Waals surface area contributed by atoms with Crippen molar-refractivity contribution in [1.82, 2.24) is 0 Å². The number of ether oxygens (including phenoxy) is 1. The van der Waals surface area contributed by atoms with Crippen molar-refractivity contribution in [3.63, 3.8) is 0 Å². The first-order valence-corrected chi connectivity index (χ1v) is 7.11. The number of methoxy groups -OCH3 is 1. The zero-order valence-corrected chi connectivity index (χ0v) is 12.6. The van der Waals surface area contributed by atoms with Gasteiger partial charge in [0, 0.05) is 23.9 Å². The quantitative estimate of drug-likeness (QED) is 0.785. The predicted molar refractivity (Wildman–Crippen MR) is 83.9 cm³/mol. The van der Waals surface area contributed by atoms with Crippen molar-refractivity contribution < 1.29 is 4.74 Å². The molecule has 0 bridgehead atoms. The summed E-state index contributed by atoms with van der Waals surface area (Å²) >= 11 is 5.10. The monoisotopic (exact) mass is 278 g/mol. The van der Waals surface area contributed by atoms with Gasteiger partial charge in [0.25, 0.3) is 0 Å². The highest BCUT2D eigenvalue weighted by molar-refractivity contribution is 7.80. The maximum absolute atomic E-state index is 5.77. The van der Waals surface area contributed by atoms with Crippen LogP contribution in [0, 0.1) is 11.3 Å². The van der Waals surface area contributed by atoms with Gasteiger partial charge in [-0.25, -0.2) is 0 Å². The van der Waals surface area contributed by atoms with Crippen LogP contribution in [0.2, 0.25) is 0 Å². The van der Waals surface area contributed by atoms with Gasteiger partial charge in [-0.2, -0.15) is 0 Å². The zero-order chi connectivity index (χ0) is 14.0. The first kappa shape index (κ1) is 14.1. The van der Waals surface area contributed by atoms with E-state index < -0.39 is 0 Å². The summed E-state index contributed by atoms with van der Waals surface area (Å²) < 4.78 is 5.26. The Hall–Kier alpha value is -1.29. The molecular weight excluding hydrogens is 256 g/mol. The van der Waals surface area contributed by atoms with Crippen molar-refractivity contribution in [3.05, 3.63) is 23.8 Å². The van der Waals surface area contributed by atoms with E-state index in [0.717, 1.165) is 23.5 Å². The number of rotatable bonds is 6. The fraction of sp³-hybridized carbons (Fsp3) is 0.533. The van der Waals surface area contributed by atoms with Crippen LogP contribution in [0.5, 0.6) is 5.75 Å². The van der Waals surface area contributed by atoms with Crippen LogP contribution in [0.1, 0.15) is 32.3 Å². The first-order chi connectivity index (χ1) is 8.98. The molecule has 0 aromatic heterocycles. The predicted octanol–water partition coefficient (Wildman–Crippen LogP) is 3.18. The van der Waals surface area contributed by atoms with E-state index in [1.165, 1.54) is 12.8 Å². The van der Waals surface area contributed by atoms with Crippen LogP contribution >= 0.6 is 12.2 Å². The number of thiocarbonyl (C=S) groups is 1. The number of hydrogen-bond acceptors (Lipinski definition) is 3. The molecule has 1 aromatic carbocycles. The molecule has 1 aromatic rings. The lowest BCUT2D eigenvalue weighted by atomic mass is 9.92. The summed E-state index contributed by atoms with van der Waals surface area (Å²) in [5, 5.41) is 3.51. The molecule has 3 N–H and O–H groups in total. The summed E-state index contributed by atoms with van der Waals surface area (Å²) in [6.45, 7) is 5.54. The van der Waals surface area contributed by atoms with E-state index in [1.54, 1.807) is 7.11 Å². The highest BCUT2D eigenvalue weighted by Crippen LogP contribution is 2.51. The normalized spacial score (nSPS) is 16.2. The summed E-state index contributed by atoms with van der Waals surface area (Å²) in [6.07, 6.45) is 2.59. The van der Waals surface area contributed by atoms with Crippen LogP contribution < -0.4 is 15.8 Å². The second-order valence-corrected chi connectivity index (χ2v) is 6.09. The molecular formula is C15H22N2OS. The molecule has 104 valence electrons. The molecule has 0 heterocycles. The largest absolute Gasteiger partial charge is 0.497 e. The second kappa shape index (κ2) is 5.37. The van der Waals surface area contributed by atoms with Gasteiger partial charge in [-0.15, -0.1) is 0 Å². The Morgan fingerprint density at radius 2 is 2.16 bits per heavy atom. The third-order valence-electron chi connectivity index (χ3n) is 4.24. The minimum absolute atomic E-state index is 0.416. The smallest absolute Gasteiger partial charge is 0.120 e. The number of hydrogen-bond donors (Lipinski definition) is 2. The summed E-state index contributed by atoms with van der Waals surface area (Å²) in [6, 6.07) is 5.76. The van der Waals surface area contributed by atoms with Gasteiger partial charge in [0.1, 0.15) is 10.7 Å². The Kier molecular flexibility index (Phi) is 3.99. The Morgan fingerprint density at radius 1 is 1.47 bits per heavy atom. The molecule has 0 amide bonds. The summed E-state index contributed by atoms with van der Waals surface area (Å²) in [5.41, 5.74) is 8.07. The van der Waals surface area contributed by atoms with Crippen LogP contribution in [-0.2, 0) is 0 Å². The van der Waals surface area contributed by atoms with Gasteiger partial charge in [-0.3, -0.25) is 0 Å². The van der Waals surface area contributed by atoms with Crippen molar-refractivity contribution in [2.75, 3.05) is 19.0 Å². The van der Waals surface area contributed by atoms with E-state index >= 15 is 0 Å². The van der Waals surface area contributed by atoms with Crippen molar-refractivity contribution in [2.24, 2.45) is 17.1 Å². The van der Waals surface area contributed by atoms with Crippen LogP contribution in [0.25, 0.3) is 0 Å². The SMILES string of the molecule is COc1ccc(C(N)=S)c(NCC2(C(C)C)CC2)c1. The van der Waals surface area contributed by atoms with E-state index in [1.807, 2.05) is 18.2 Å². The minimum Gasteiger partial charge on any atom is -0.497 e. The molecule has 0 aliphatic heterocycles. The molecule has 0 spiro atoms. The number of anilines is 1. The Balaban J connectivity index is 2.16. The first-order valence-electron chi connectivity index (χ1n) is 6.70. The Bertz CT molecular complexity index is 481. The molecule has 1 saturated carbocycles. The van der Waals surface area contributed by atoms with Gasteiger partial charge in [0.15, 0.2) is 0 Å². The molecule has 0 unspecified atom stereocenters. The van der Waals surface area contributed by atoms with Crippen molar-refractivity contribution >= 4 is 22.9 Å². The van der Waals surface area contributed by atoms with Crippen molar-refractivity contribution in [1.29, 1.82) is 0 Å². The van der Waals surface area contributed by atoms with E-state index in [9.17, 15) is 0 Å². The number of nitrogens with one attached hydrogen (secondary N) is 1. The third kappa shape index (κ3) is 3.00. The van der Waals surface area contributed by atoms with E-state index in [0.29, 0.717) is 16.3 Å². The van der Waals surface area contributed by atoms with Gasteiger partial charge in [-0.1, -0.05) is 26.1 Å². The molecule has 1 fully saturated rings. The molecule has 1 aliphatic rings. The molecule has 4 heteroatoms. The van der Waals surface area contributed by atoms with Crippen LogP contribution in [0.3, 0.4) is 0 Å². The third-order valence-corrected chi connectivity index (χ3v) is 4.46. The summed E-state index contributed by atoms with van der Waals surface area (Å²) in [4.78, 5) is 0.416. The number of benzene rings is 1. The topological polar surface area (TPSA) is 47.3 Å². The second-order valence-electron chi connectivity index (χ2n) is 5.65. The van der Waals surface area contributed by atoms with E-state index in [-0.39, 0.29) is 0 Å². The molecule has 19 heavy (non-hydrogen) atoms. The lowest BCUT2D eigenvalue weighted by molar-refractivity contribution is 0.380. The van der Waals surface area contributed by atoms with Crippen LogP contribution in [0.4, 0.5) is 5.69 Å². The standard InChI is InChI=1S/C15H22N2OS/c1-10(2)15(6-7-15)9-17-13-8-11(18-3)4-5-12(13)14(16)19/h4-5,8,10,17H,6-7,9H2,1-3H3,(H2,16,19). The van der Waals surface area contributed by atoms with Crippen LogP contribution in [-0.4, -0.2) is 18.6 Å². The molecule has 3 nitrogen and oxygen atoms in total. The maximum Gasteiger partial charge on any atom is 0.120 e. The lowest BCUT2D eigenvalue weighted by Gasteiger charge is -2.22. The van der Waals surface area contributed by atoms with E-state index in [4.69, 9.17) is 22.7 Å². The minimum atomic E-state index is 0.416. The van der Waals surface area contributed by atoms with Gasteiger partial charge < -0.3 is 15.8 Å². The average molecular weight is 278 g/mol. The van der Waals surface area contributed by atoms with Crippen molar-refractivity contribution in [3.8, 4) is 5.75 Å². The summed E-state index contributed by atoms with van der Waals surface area (Å²) in [5.74, 6) is 1.51. The molecule has 1 aliphatic carbocycles. The zero-order valence-electron chi connectivity index (χ0n) is 11.8. The van der Waals surface area contributed by atoms with Gasteiger partial charge in [0.05, 0.1) is 7.11 Å². The van der Waals surface area contributed by atoms with Crippen molar-refractivity contribution in [2.45, 2.75) is 26.7 Å². The average Bonchev–Trinajstić information content (AvgIpc) is 3.17. The summed E-state index contributed by atoms with van der Waals surface area (Å²) in [7, 11) is 1.66. The Labute approximate surface area is 120 Å². The van der Waals surface area contributed by atoms with Gasteiger partial charge >= 0.3 is 0 Å². The Morgan fingerprint density at radius 3 is 2.63 bits per heavy atom. The molecule has 2 rings (SSSR count). The lowest BCUT2D eigenvalue weighted by Crippen LogP contribution is -2.22. The number of nitrogens with two attached hydrogens (primary N) is 1. The van der Waals surface area contributed by atoms with E-state index in [2.05, 4.69) is 19.2 Å². The molecule has 0 atom stereocenters. The highest BCUT2D eigenvalue weighted by atomic mass is 32.1. The van der Waals surface area contributed by atoms with Gasteiger partial charge in [-0.05, 0) is 36.3 Å². The highest BCUT2D eigenvalue weighted by Gasteiger charge is 2.44. The van der Waals surface area contributed by atoms with Gasteiger partial charge in [0.2, 0.25) is 0 Å². The fourth-order valence-corrected chi connectivity index (χ4v) is 2.58. The molecule has 0 radical (unpaired) electrons.